The van der Waals surface area contributed by atoms with E-state index in [-0.39, 0.29) is 5.25 Å². The molecular formula is C15H19N5OS3. The molecule has 9 heteroatoms. The molecule has 0 aromatic carbocycles. The standard InChI is InChI=1S/C15H19N5OS3/c1-3-5-12-17-13(21-20-12)10(2)23-15-19-18-14(24-15)16-8-7-11-6-4-9-22-11/h4,6,9-10H,3,5,7-8H2,1-2H3,(H,16,18). The van der Waals surface area contributed by atoms with Gasteiger partial charge >= 0.3 is 0 Å². The topological polar surface area (TPSA) is 76.7 Å². The maximum absolute atomic E-state index is 5.32. The zero-order chi connectivity index (χ0) is 16.8. The third-order valence-corrected chi connectivity index (χ3v) is 6.21. The average molecular weight is 382 g/mol. The minimum Gasteiger partial charge on any atom is -0.360 e. The number of nitrogens with zero attached hydrogens (tertiary/aromatic N) is 4. The van der Waals surface area contributed by atoms with Gasteiger partial charge in [0.25, 0.3) is 0 Å². The quantitative estimate of drug-likeness (QED) is 0.549. The molecule has 3 aromatic heterocycles. The van der Waals surface area contributed by atoms with E-state index in [1.54, 1.807) is 34.4 Å². The molecular weight excluding hydrogens is 362 g/mol. The second-order valence-electron chi connectivity index (χ2n) is 5.19. The second-order valence-corrected chi connectivity index (χ2v) is 8.79. The summed E-state index contributed by atoms with van der Waals surface area (Å²) in [6.07, 6.45) is 2.85. The van der Waals surface area contributed by atoms with E-state index in [4.69, 9.17) is 4.52 Å². The molecule has 3 heterocycles. The molecule has 0 aliphatic rings. The van der Waals surface area contributed by atoms with Crippen molar-refractivity contribution in [1.29, 1.82) is 0 Å². The lowest BCUT2D eigenvalue weighted by atomic mass is 10.3. The van der Waals surface area contributed by atoms with Gasteiger partial charge in [-0.15, -0.1) is 21.5 Å². The van der Waals surface area contributed by atoms with Crippen LogP contribution < -0.4 is 5.32 Å². The van der Waals surface area contributed by atoms with Crippen molar-refractivity contribution in [3.05, 3.63) is 34.1 Å². The van der Waals surface area contributed by atoms with Gasteiger partial charge in [-0.25, -0.2) is 0 Å². The van der Waals surface area contributed by atoms with Crippen molar-refractivity contribution >= 4 is 39.6 Å². The van der Waals surface area contributed by atoms with Gasteiger partial charge in [-0.05, 0) is 31.2 Å². The van der Waals surface area contributed by atoms with Crippen molar-refractivity contribution in [3.63, 3.8) is 0 Å². The molecule has 3 rings (SSSR count). The summed E-state index contributed by atoms with van der Waals surface area (Å²) in [5.41, 5.74) is 0. The maximum Gasteiger partial charge on any atom is 0.239 e. The summed E-state index contributed by atoms with van der Waals surface area (Å²) in [6.45, 7) is 5.00. The summed E-state index contributed by atoms with van der Waals surface area (Å²) in [5, 5.41) is 18.7. The molecule has 0 saturated carbocycles. The first-order valence-corrected chi connectivity index (χ1v) is 10.4. The van der Waals surface area contributed by atoms with Crippen LogP contribution in [0.4, 0.5) is 5.13 Å². The van der Waals surface area contributed by atoms with Gasteiger partial charge in [0.1, 0.15) is 0 Å². The fourth-order valence-electron chi connectivity index (χ4n) is 2.04. The van der Waals surface area contributed by atoms with Crippen molar-refractivity contribution in [1.82, 2.24) is 20.3 Å². The van der Waals surface area contributed by atoms with Gasteiger partial charge in [0.2, 0.25) is 11.0 Å². The van der Waals surface area contributed by atoms with Crippen LogP contribution in [0.5, 0.6) is 0 Å². The van der Waals surface area contributed by atoms with Crippen molar-refractivity contribution in [3.8, 4) is 0 Å². The highest BCUT2D eigenvalue weighted by Crippen LogP contribution is 2.36. The molecule has 0 spiro atoms. The summed E-state index contributed by atoms with van der Waals surface area (Å²) in [7, 11) is 0. The lowest BCUT2D eigenvalue weighted by Gasteiger charge is -2.01. The molecule has 1 atom stereocenters. The molecule has 3 aromatic rings. The number of thiophene rings is 1. The van der Waals surface area contributed by atoms with E-state index in [2.05, 4.69) is 50.1 Å². The van der Waals surface area contributed by atoms with E-state index in [1.807, 2.05) is 6.92 Å². The van der Waals surface area contributed by atoms with Crippen LogP contribution >= 0.6 is 34.4 Å². The highest BCUT2D eigenvalue weighted by Gasteiger charge is 2.17. The van der Waals surface area contributed by atoms with Gasteiger partial charge in [0.05, 0.1) is 5.25 Å². The largest absolute Gasteiger partial charge is 0.360 e. The van der Waals surface area contributed by atoms with Crippen molar-refractivity contribution in [2.24, 2.45) is 0 Å². The first-order valence-electron chi connectivity index (χ1n) is 7.83. The van der Waals surface area contributed by atoms with E-state index in [9.17, 15) is 0 Å². The molecule has 0 aliphatic carbocycles. The molecule has 128 valence electrons. The Labute approximate surface area is 153 Å². The van der Waals surface area contributed by atoms with Crippen molar-refractivity contribution < 1.29 is 4.52 Å². The molecule has 24 heavy (non-hydrogen) atoms. The number of nitrogens with one attached hydrogen (secondary N) is 1. The van der Waals surface area contributed by atoms with Gasteiger partial charge in [0.15, 0.2) is 10.2 Å². The van der Waals surface area contributed by atoms with Crippen LogP contribution in [-0.2, 0) is 12.8 Å². The highest BCUT2D eigenvalue weighted by molar-refractivity contribution is 8.01. The van der Waals surface area contributed by atoms with Crippen LogP contribution in [0.15, 0.2) is 26.4 Å². The Bertz CT molecular complexity index is 740. The summed E-state index contributed by atoms with van der Waals surface area (Å²) >= 11 is 4.92. The number of hydrogen-bond donors (Lipinski definition) is 1. The SMILES string of the molecule is CCCc1noc(C(C)Sc2nnc(NCCc3cccs3)s2)n1. The third-order valence-electron chi connectivity index (χ3n) is 3.22. The van der Waals surface area contributed by atoms with E-state index < -0.39 is 0 Å². The van der Waals surface area contributed by atoms with E-state index >= 15 is 0 Å². The van der Waals surface area contributed by atoms with Crippen LogP contribution in [0.3, 0.4) is 0 Å². The predicted molar refractivity (Wildman–Crippen MR) is 99.0 cm³/mol. The summed E-state index contributed by atoms with van der Waals surface area (Å²) in [4.78, 5) is 5.79. The molecule has 0 amide bonds. The Hall–Kier alpha value is -1.45. The Morgan fingerprint density at radius 1 is 1.33 bits per heavy atom. The van der Waals surface area contributed by atoms with Crippen LogP contribution in [0.25, 0.3) is 0 Å². The Morgan fingerprint density at radius 2 is 2.25 bits per heavy atom. The van der Waals surface area contributed by atoms with E-state index in [0.29, 0.717) is 5.89 Å². The van der Waals surface area contributed by atoms with Crippen LogP contribution in [0.1, 0.15) is 42.1 Å². The van der Waals surface area contributed by atoms with Crippen molar-refractivity contribution in [2.75, 3.05) is 11.9 Å². The van der Waals surface area contributed by atoms with Gasteiger partial charge in [0, 0.05) is 17.8 Å². The molecule has 0 bridgehead atoms. The monoisotopic (exact) mass is 381 g/mol. The Morgan fingerprint density at radius 3 is 3.04 bits per heavy atom. The van der Waals surface area contributed by atoms with Crippen LogP contribution in [0.2, 0.25) is 0 Å². The number of hydrogen-bond acceptors (Lipinski definition) is 9. The van der Waals surface area contributed by atoms with Gasteiger partial charge in [-0.3, -0.25) is 0 Å². The minimum atomic E-state index is 0.0648. The lowest BCUT2D eigenvalue weighted by Crippen LogP contribution is -2.03. The smallest absolute Gasteiger partial charge is 0.239 e. The van der Waals surface area contributed by atoms with Crippen LogP contribution in [0, 0.1) is 0 Å². The fourth-order valence-corrected chi connectivity index (χ4v) is 4.70. The predicted octanol–water partition coefficient (Wildman–Crippen LogP) is 4.44. The van der Waals surface area contributed by atoms with Gasteiger partial charge in [-0.1, -0.05) is 41.2 Å². The summed E-state index contributed by atoms with van der Waals surface area (Å²) in [6, 6.07) is 4.22. The number of aryl methyl sites for hydroxylation is 1. The molecule has 1 N–H and O–H groups in total. The lowest BCUT2D eigenvalue weighted by molar-refractivity contribution is 0.374. The minimum absolute atomic E-state index is 0.0648. The number of rotatable bonds is 9. The summed E-state index contributed by atoms with van der Waals surface area (Å²) in [5.74, 6) is 1.42. The van der Waals surface area contributed by atoms with Gasteiger partial charge < -0.3 is 9.84 Å². The molecule has 0 fully saturated rings. The Kier molecular flexibility index (Phi) is 6.22. The zero-order valence-electron chi connectivity index (χ0n) is 13.6. The number of aromatic nitrogens is 4. The highest BCUT2D eigenvalue weighted by atomic mass is 32.2. The van der Waals surface area contributed by atoms with Gasteiger partial charge in [-0.2, -0.15) is 4.98 Å². The number of anilines is 1. The van der Waals surface area contributed by atoms with Crippen molar-refractivity contribution in [2.45, 2.75) is 42.7 Å². The second kappa shape index (κ2) is 8.59. The Balaban J connectivity index is 1.49. The maximum atomic E-state index is 5.32. The van der Waals surface area contributed by atoms with E-state index in [0.717, 1.165) is 41.1 Å². The normalized spacial score (nSPS) is 12.4. The molecule has 1 unspecified atom stereocenters. The molecule has 0 aliphatic heterocycles. The molecule has 0 saturated heterocycles. The summed E-state index contributed by atoms with van der Waals surface area (Å²) < 4.78 is 6.22. The first-order chi connectivity index (χ1) is 11.7. The van der Waals surface area contributed by atoms with Crippen LogP contribution in [-0.4, -0.2) is 26.9 Å². The third kappa shape index (κ3) is 4.78. The van der Waals surface area contributed by atoms with E-state index in [1.165, 1.54) is 4.88 Å². The molecule has 0 radical (unpaired) electrons. The average Bonchev–Trinajstić information content (AvgIpc) is 3.29. The number of thioether (sulfide) groups is 1. The molecule has 6 nitrogen and oxygen atoms in total. The fraction of sp³-hybridized carbons (Fsp3) is 0.467. The zero-order valence-corrected chi connectivity index (χ0v) is 16.0. The first kappa shape index (κ1) is 17.4.